The zero-order valence-electron chi connectivity index (χ0n) is 14.2. The van der Waals surface area contributed by atoms with Crippen molar-refractivity contribution in [3.05, 3.63) is 41.6 Å². The Bertz CT molecular complexity index is 647. The summed E-state index contributed by atoms with van der Waals surface area (Å²) in [5.41, 5.74) is 1.67. The predicted molar refractivity (Wildman–Crippen MR) is 95.7 cm³/mol. The fourth-order valence-electron chi connectivity index (χ4n) is 3.35. The molecule has 1 fully saturated rings. The number of benzene rings is 1. The highest BCUT2D eigenvalue weighted by Crippen LogP contribution is 2.30. The highest BCUT2D eigenvalue weighted by Gasteiger charge is 2.37. The van der Waals surface area contributed by atoms with Gasteiger partial charge in [-0.15, -0.1) is 0 Å². The van der Waals surface area contributed by atoms with Gasteiger partial charge in [0.15, 0.2) is 0 Å². The summed E-state index contributed by atoms with van der Waals surface area (Å²) in [7, 11) is -1.12. The number of hydrogen-bond acceptors (Lipinski definition) is 6. The van der Waals surface area contributed by atoms with Gasteiger partial charge in [-0.3, -0.25) is 4.90 Å². The van der Waals surface area contributed by atoms with Gasteiger partial charge in [0, 0.05) is 25.3 Å². The molecule has 0 spiro atoms. The lowest BCUT2D eigenvalue weighted by Gasteiger charge is -2.31. The molecule has 0 amide bonds. The lowest BCUT2D eigenvalue weighted by molar-refractivity contribution is 0.0694. The van der Waals surface area contributed by atoms with Gasteiger partial charge >= 0.3 is 13.1 Å². The topological polar surface area (TPSA) is 94.1 Å². The summed E-state index contributed by atoms with van der Waals surface area (Å²) in [4.78, 5) is 13.6. The van der Waals surface area contributed by atoms with Gasteiger partial charge in [-0.1, -0.05) is 18.7 Å². The molecule has 8 heteroatoms. The monoisotopic (exact) mass is 345 g/mol. The van der Waals surface area contributed by atoms with Crippen LogP contribution in [0.4, 0.5) is 0 Å². The van der Waals surface area contributed by atoms with Gasteiger partial charge in [0.2, 0.25) is 0 Å². The first-order chi connectivity index (χ1) is 12.0. The molecule has 2 aliphatic heterocycles. The number of aromatic carboxylic acids is 1. The Morgan fingerprint density at radius 2 is 2.28 bits per heavy atom. The average molecular weight is 345 g/mol. The van der Waals surface area contributed by atoms with Crippen molar-refractivity contribution in [2.75, 3.05) is 32.7 Å². The van der Waals surface area contributed by atoms with Gasteiger partial charge in [0.1, 0.15) is 5.75 Å². The van der Waals surface area contributed by atoms with Crippen molar-refractivity contribution in [3.8, 4) is 5.75 Å². The van der Waals surface area contributed by atoms with E-state index in [-0.39, 0.29) is 17.3 Å². The molecular weight excluding hydrogens is 321 g/mol. The smallest absolute Gasteiger partial charge is 0.534 e. The molecule has 25 heavy (non-hydrogen) atoms. The minimum absolute atomic E-state index is 0.0749. The molecule has 1 saturated heterocycles. The van der Waals surface area contributed by atoms with E-state index in [1.807, 2.05) is 6.07 Å². The molecule has 0 aromatic heterocycles. The van der Waals surface area contributed by atoms with Crippen LogP contribution >= 0.6 is 0 Å². The number of fused-ring (bicyclic) bond motifs is 1. The van der Waals surface area contributed by atoms with Gasteiger partial charge < -0.3 is 25.4 Å². The van der Waals surface area contributed by atoms with Crippen molar-refractivity contribution in [1.82, 2.24) is 15.5 Å². The van der Waals surface area contributed by atoms with E-state index in [1.54, 1.807) is 6.07 Å². The zero-order chi connectivity index (χ0) is 17.8. The van der Waals surface area contributed by atoms with E-state index < -0.39 is 13.1 Å². The Kier molecular flexibility index (Phi) is 5.62. The summed E-state index contributed by atoms with van der Waals surface area (Å²) in [5.74, 6) is -1.16. The maximum atomic E-state index is 11.3. The first-order valence-electron chi connectivity index (χ1n) is 8.62. The van der Waals surface area contributed by atoms with Gasteiger partial charge in [0.25, 0.3) is 0 Å². The largest absolute Gasteiger partial charge is 0.546 e. The third kappa shape index (κ3) is 4.33. The quantitative estimate of drug-likeness (QED) is 0.563. The normalized spacial score (nSPS) is 21.0. The Hall–Kier alpha value is -2.03. The van der Waals surface area contributed by atoms with Crippen LogP contribution in [0.2, 0.25) is 0 Å². The highest BCUT2D eigenvalue weighted by atomic mass is 16.5. The van der Waals surface area contributed by atoms with Crippen LogP contribution in [0.3, 0.4) is 0 Å². The number of rotatable bonds is 5. The first kappa shape index (κ1) is 17.8. The minimum atomic E-state index is -1.12. The van der Waals surface area contributed by atoms with Crippen LogP contribution in [0.5, 0.6) is 5.75 Å². The van der Waals surface area contributed by atoms with E-state index in [4.69, 9.17) is 4.65 Å². The van der Waals surface area contributed by atoms with Crippen molar-refractivity contribution >= 4 is 13.1 Å². The summed E-state index contributed by atoms with van der Waals surface area (Å²) in [6.45, 7) is 8.78. The lowest BCUT2D eigenvalue weighted by Crippen LogP contribution is -2.52. The van der Waals surface area contributed by atoms with Crippen LogP contribution < -0.4 is 15.3 Å². The number of carboxylic acids is 1. The third-order valence-corrected chi connectivity index (χ3v) is 4.59. The van der Waals surface area contributed by atoms with Crippen LogP contribution in [0.1, 0.15) is 22.3 Å². The van der Waals surface area contributed by atoms with Crippen LogP contribution in [0.15, 0.2) is 30.5 Å². The number of nitrogens with zero attached hydrogens (tertiary/aromatic N) is 1. The van der Waals surface area contributed by atoms with Gasteiger partial charge in [-0.05, 0) is 37.6 Å². The van der Waals surface area contributed by atoms with Gasteiger partial charge in [-0.2, -0.15) is 0 Å². The number of para-hydroxylation sites is 1. The van der Waals surface area contributed by atoms with Crippen LogP contribution in [-0.2, 0) is 6.42 Å². The molecule has 1 aromatic rings. The van der Waals surface area contributed by atoms with E-state index in [1.165, 1.54) is 6.07 Å². The van der Waals surface area contributed by atoms with Crippen molar-refractivity contribution in [3.63, 3.8) is 0 Å². The number of carboxylic acid groups (broad SMARTS) is 1. The summed E-state index contributed by atoms with van der Waals surface area (Å²) in [6, 6.07) is 5.00. The molecule has 2 aliphatic rings. The molecule has 0 aliphatic carbocycles. The van der Waals surface area contributed by atoms with Crippen molar-refractivity contribution in [2.24, 2.45) is 0 Å². The Balaban J connectivity index is 1.63. The van der Waals surface area contributed by atoms with Crippen LogP contribution in [0, 0.1) is 0 Å². The molecule has 1 unspecified atom stereocenters. The second-order valence-electron chi connectivity index (χ2n) is 6.55. The fourth-order valence-corrected chi connectivity index (χ4v) is 3.35. The molecule has 2 heterocycles. The molecule has 7 nitrogen and oxygen atoms in total. The van der Waals surface area contributed by atoms with Crippen molar-refractivity contribution in [1.29, 1.82) is 0 Å². The molecule has 0 saturated carbocycles. The first-order valence-corrected chi connectivity index (χ1v) is 8.62. The lowest BCUT2D eigenvalue weighted by atomic mass is 9.72. The van der Waals surface area contributed by atoms with Crippen LogP contribution in [0.25, 0.3) is 0 Å². The highest BCUT2D eigenvalue weighted by molar-refractivity contribution is 6.46. The molecule has 0 bridgehead atoms. The molecular formula is C17H24BN3O4. The summed E-state index contributed by atoms with van der Waals surface area (Å²) in [5, 5.41) is 26.1. The predicted octanol–water partition coefficient (Wildman–Crippen LogP) is 0.107. The van der Waals surface area contributed by atoms with E-state index >= 15 is 0 Å². The molecule has 0 radical (unpaired) electrons. The summed E-state index contributed by atoms with van der Waals surface area (Å²) < 4.78 is 5.50. The molecule has 1 atom stereocenters. The van der Waals surface area contributed by atoms with E-state index in [0.717, 1.165) is 43.9 Å². The van der Waals surface area contributed by atoms with Gasteiger partial charge in [0.05, 0.1) is 11.5 Å². The number of hydrogen-bond donors (Lipinski definition) is 4. The number of carbonyl (C=O) groups is 1. The van der Waals surface area contributed by atoms with Crippen LogP contribution in [-0.4, -0.2) is 66.8 Å². The second kappa shape index (κ2) is 7.90. The number of nitrogens with one attached hydrogen (secondary N) is 2. The molecule has 134 valence electrons. The minimum Gasteiger partial charge on any atom is -0.534 e. The SMILES string of the molecule is C=C(CN1CCCNCC1)NC1Cc2cccc(C(=O)O)c2OB1O. The maximum absolute atomic E-state index is 11.3. The van der Waals surface area contributed by atoms with E-state index in [2.05, 4.69) is 22.1 Å². The summed E-state index contributed by atoms with van der Waals surface area (Å²) >= 11 is 0. The Labute approximate surface area is 147 Å². The second-order valence-corrected chi connectivity index (χ2v) is 6.55. The van der Waals surface area contributed by atoms with E-state index in [9.17, 15) is 14.9 Å². The van der Waals surface area contributed by atoms with Gasteiger partial charge in [-0.25, -0.2) is 4.79 Å². The molecule has 4 N–H and O–H groups in total. The molecule has 1 aromatic carbocycles. The fraction of sp³-hybridized carbons (Fsp3) is 0.471. The average Bonchev–Trinajstić information content (AvgIpc) is 2.83. The standard InChI is InChI=1S/C17H24BN3O4/c1-12(11-21-8-3-6-19-7-9-21)20-15-10-13-4-2-5-14(17(22)23)16(13)25-18(15)24/h2,4-5,15,19-20,24H,1,3,6-11H2,(H,22,23). The van der Waals surface area contributed by atoms with E-state index in [0.29, 0.717) is 13.0 Å². The molecule has 3 rings (SSSR count). The Morgan fingerprint density at radius 3 is 3.08 bits per heavy atom. The Morgan fingerprint density at radius 1 is 1.44 bits per heavy atom. The maximum Gasteiger partial charge on any atom is 0.546 e. The van der Waals surface area contributed by atoms with Crippen molar-refractivity contribution < 1.29 is 19.6 Å². The third-order valence-electron chi connectivity index (χ3n) is 4.59. The van der Waals surface area contributed by atoms with Crippen molar-refractivity contribution in [2.45, 2.75) is 18.8 Å². The summed E-state index contributed by atoms with van der Waals surface area (Å²) in [6.07, 6.45) is 1.59. The zero-order valence-corrected chi connectivity index (χ0v) is 14.2.